The molecule has 1 atom stereocenters. The van der Waals surface area contributed by atoms with Crippen LogP contribution in [0.1, 0.15) is 48.0 Å². The fourth-order valence-corrected chi connectivity index (χ4v) is 2.35. The number of esters is 1. The van der Waals surface area contributed by atoms with E-state index in [0.29, 0.717) is 6.42 Å². The summed E-state index contributed by atoms with van der Waals surface area (Å²) in [5.74, 6) is -0.706. The summed E-state index contributed by atoms with van der Waals surface area (Å²) >= 11 is 0. The number of rotatable bonds is 4. The van der Waals surface area contributed by atoms with Gasteiger partial charge in [-0.05, 0) is 40.0 Å². The third-order valence-corrected chi connectivity index (χ3v) is 2.87. The number of nitrogens with zero attached hydrogens (tertiary/aromatic N) is 1. The number of nitrogens with one attached hydrogen (secondary N) is 1. The van der Waals surface area contributed by atoms with Crippen LogP contribution in [-0.2, 0) is 14.3 Å². The molecule has 1 heterocycles. The van der Waals surface area contributed by atoms with Crippen LogP contribution in [-0.4, -0.2) is 40.5 Å². The van der Waals surface area contributed by atoms with Gasteiger partial charge < -0.3 is 10.1 Å². The van der Waals surface area contributed by atoms with Crippen LogP contribution >= 0.6 is 0 Å². The number of carbonyl (C=O) groups is 3. The first-order valence-electron chi connectivity index (χ1n) is 6.80. The highest BCUT2D eigenvalue weighted by molar-refractivity contribution is 6.08. The molecule has 1 rings (SSSR count). The van der Waals surface area contributed by atoms with Crippen LogP contribution in [0.4, 0.5) is 4.79 Å². The van der Waals surface area contributed by atoms with Crippen molar-refractivity contribution in [2.45, 2.75) is 59.1 Å². The van der Waals surface area contributed by atoms with E-state index in [1.54, 1.807) is 27.7 Å². The van der Waals surface area contributed by atoms with Crippen molar-refractivity contribution >= 4 is 17.9 Å². The molecule has 0 bridgehead atoms. The Bertz CT molecular complexity index is 425. The van der Waals surface area contributed by atoms with Gasteiger partial charge >= 0.3 is 12.0 Å². The molecule has 0 aromatic rings. The Kier molecular flexibility index (Phi) is 4.46. The van der Waals surface area contributed by atoms with E-state index in [1.807, 2.05) is 13.8 Å². The lowest BCUT2D eigenvalue weighted by Gasteiger charge is -2.24. The molecule has 1 N–H and O–H groups in total. The van der Waals surface area contributed by atoms with Gasteiger partial charge in [-0.2, -0.15) is 0 Å². The summed E-state index contributed by atoms with van der Waals surface area (Å²) in [5, 5.41) is 2.66. The molecule has 0 saturated carbocycles. The van der Waals surface area contributed by atoms with Crippen molar-refractivity contribution in [3.63, 3.8) is 0 Å². The molecule has 0 aromatic carbocycles. The summed E-state index contributed by atoms with van der Waals surface area (Å²) in [6.07, 6.45) is 0.530. The molecule has 114 valence electrons. The average molecular weight is 284 g/mol. The van der Waals surface area contributed by atoms with Gasteiger partial charge in [0.05, 0.1) is 0 Å². The third kappa shape index (κ3) is 3.95. The number of ether oxygens (including phenoxy) is 1. The van der Waals surface area contributed by atoms with Crippen LogP contribution in [0.2, 0.25) is 0 Å². The van der Waals surface area contributed by atoms with E-state index < -0.39 is 23.1 Å². The molecule has 1 saturated heterocycles. The lowest BCUT2D eigenvalue weighted by Crippen LogP contribution is -2.45. The van der Waals surface area contributed by atoms with Crippen molar-refractivity contribution in [2.24, 2.45) is 5.92 Å². The van der Waals surface area contributed by atoms with Gasteiger partial charge in [0.15, 0.2) is 0 Å². The van der Waals surface area contributed by atoms with E-state index in [9.17, 15) is 14.4 Å². The van der Waals surface area contributed by atoms with Gasteiger partial charge in [-0.3, -0.25) is 14.5 Å². The number of hydrogen-bond acceptors (Lipinski definition) is 4. The monoisotopic (exact) mass is 284 g/mol. The second kappa shape index (κ2) is 5.42. The Balaban J connectivity index is 2.75. The first-order chi connectivity index (χ1) is 8.94. The maximum Gasteiger partial charge on any atom is 0.326 e. The highest BCUT2D eigenvalue weighted by Crippen LogP contribution is 2.25. The molecule has 6 heteroatoms. The summed E-state index contributed by atoms with van der Waals surface area (Å²) in [6, 6.07) is -0.538. The van der Waals surface area contributed by atoms with Crippen molar-refractivity contribution in [2.75, 3.05) is 6.54 Å². The molecule has 0 unspecified atom stereocenters. The molecule has 0 radical (unpaired) electrons. The maximum atomic E-state index is 12.3. The molecule has 3 amide bonds. The van der Waals surface area contributed by atoms with E-state index in [0.717, 1.165) is 4.90 Å². The Morgan fingerprint density at radius 2 is 1.90 bits per heavy atom. The fourth-order valence-electron chi connectivity index (χ4n) is 2.35. The van der Waals surface area contributed by atoms with Gasteiger partial charge in [-0.1, -0.05) is 13.8 Å². The second-order valence-corrected chi connectivity index (χ2v) is 6.84. The number of carbonyl (C=O) groups excluding carboxylic acids is 3. The Labute approximate surface area is 119 Å². The Hall–Kier alpha value is -1.59. The molecule has 1 fully saturated rings. The summed E-state index contributed by atoms with van der Waals surface area (Å²) in [6.45, 7) is 10.5. The van der Waals surface area contributed by atoms with Gasteiger partial charge in [-0.25, -0.2) is 4.79 Å². The lowest BCUT2D eigenvalue weighted by molar-refractivity contribution is -0.157. The van der Waals surface area contributed by atoms with Crippen LogP contribution in [0, 0.1) is 5.92 Å². The van der Waals surface area contributed by atoms with Crippen molar-refractivity contribution < 1.29 is 19.1 Å². The average Bonchev–Trinajstić information content (AvgIpc) is 2.38. The lowest BCUT2D eigenvalue weighted by atomic mass is 9.91. The van der Waals surface area contributed by atoms with Gasteiger partial charge in [0, 0.05) is 0 Å². The van der Waals surface area contributed by atoms with Crippen LogP contribution < -0.4 is 5.32 Å². The molecule has 1 aliphatic heterocycles. The minimum Gasteiger partial charge on any atom is -0.459 e. The normalized spacial score (nSPS) is 23.2. The van der Waals surface area contributed by atoms with Crippen molar-refractivity contribution in [3.8, 4) is 0 Å². The molecular formula is C14H24N2O4. The number of amides is 3. The smallest absolute Gasteiger partial charge is 0.326 e. The van der Waals surface area contributed by atoms with Crippen molar-refractivity contribution in [3.05, 3.63) is 0 Å². The molecule has 0 spiro atoms. The maximum absolute atomic E-state index is 12.3. The predicted molar refractivity (Wildman–Crippen MR) is 73.9 cm³/mol. The van der Waals surface area contributed by atoms with E-state index in [1.165, 1.54) is 0 Å². The molecule has 1 aliphatic rings. The minimum absolute atomic E-state index is 0.255. The van der Waals surface area contributed by atoms with E-state index >= 15 is 0 Å². The van der Waals surface area contributed by atoms with Crippen LogP contribution in [0.25, 0.3) is 0 Å². The summed E-state index contributed by atoms with van der Waals surface area (Å²) in [4.78, 5) is 36.8. The molecule has 20 heavy (non-hydrogen) atoms. The van der Waals surface area contributed by atoms with Gasteiger partial charge in [0.1, 0.15) is 17.7 Å². The second-order valence-electron chi connectivity index (χ2n) is 6.84. The quantitative estimate of drug-likeness (QED) is 0.629. The molecule has 6 nitrogen and oxygen atoms in total. The Morgan fingerprint density at radius 1 is 1.35 bits per heavy atom. The Morgan fingerprint density at radius 3 is 2.35 bits per heavy atom. The largest absolute Gasteiger partial charge is 0.459 e. The fraction of sp³-hybridized carbons (Fsp3) is 0.786. The molecule has 0 aromatic heterocycles. The van der Waals surface area contributed by atoms with Gasteiger partial charge in [0.25, 0.3) is 5.91 Å². The van der Waals surface area contributed by atoms with Gasteiger partial charge in [-0.15, -0.1) is 0 Å². The first kappa shape index (κ1) is 16.5. The molecule has 0 aliphatic carbocycles. The zero-order chi connectivity index (χ0) is 15.7. The topological polar surface area (TPSA) is 75.7 Å². The number of imide groups is 1. The highest BCUT2D eigenvalue weighted by Gasteiger charge is 2.48. The highest BCUT2D eigenvalue weighted by atomic mass is 16.6. The zero-order valence-electron chi connectivity index (χ0n) is 13.1. The van der Waals surface area contributed by atoms with Gasteiger partial charge in [0.2, 0.25) is 0 Å². The first-order valence-corrected chi connectivity index (χ1v) is 6.80. The zero-order valence-corrected chi connectivity index (χ0v) is 13.1. The van der Waals surface area contributed by atoms with Crippen LogP contribution in [0.15, 0.2) is 0 Å². The van der Waals surface area contributed by atoms with E-state index in [-0.39, 0.29) is 18.4 Å². The molecular weight excluding hydrogens is 260 g/mol. The third-order valence-electron chi connectivity index (χ3n) is 2.87. The van der Waals surface area contributed by atoms with Crippen molar-refractivity contribution in [1.29, 1.82) is 0 Å². The van der Waals surface area contributed by atoms with E-state index in [2.05, 4.69) is 5.32 Å². The number of urea groups is 1. The predicted octanol–water partition coefficient (Wildman–Crippen LogP) is 1.68. The summed E-state index contributed by atoms with van der Waals surface area (Å²) in [5.41, 5.74) is -1.58. The number of hydrogen-bond donors (Lipinski definition) is 1. The van der Waals surface area contributed by atoms with Crippen LogP contribution in [0.5, 0.6) is 0 Å². The summed E-state index contributed by atoms with van der Waals surface area (Å²) < 4.78 is 5.13. The van der Waals surface area contributed by atoms with E-state index in [4.69, 9.17) is 4.74 Å². The minimum atomic E-state index is -0.937. The SMILES string of the molecule is CC(C)C[C@@]1(C)NC(=O)N(CC(=O)OC(C)(C)C)C1=O. The van der Waals surface area contributed by atoms with Crippen molar-refractivity contribution in [1.82, 2.24) is 10.2 Å². The standard InChI is InChI=1S/C14H24N2O4/c1-9(2)7-14(6)11(18)16(12(19)15-14)8-10(17)20-13(3,4)5/h9H,7-8H2,1-6H3,(H,15,19)/t14-/m1/s1. The van der Waals surface area contributed by atoms with Crippen LogP contribution in [0.3, 0.4) is 0 Å². The summed E-state index contributed by atoms with van der Waals surface area (Å²) in [7, 11) is 0.